The van der Waals surface area contributed by atoms with E-state index in [1.54, 1.807) is 24.3 Å². The van der Waals surface area contributed by atoms with Gasteiger partial charge in [-0.15, -0.1) is 10.2 Å². The summed E-state index contributed by atoms with van der Waals surface area (Å²) >= 11 is 12.3. The van der Waals surface area contributed by atoms with Crippen molar-refractivity contribution in [2.75, 3.05) is 11.9 Å². The number of para-hydroxylation sites is 1. The minimum absolute atomic E-state index is 0.0489. The number of nitrogens with one attached hydrogen (secondary N) is 2. The van der Waals surface area contributed by atoms with Crippen molar-refractivity contribution in [1.82, 2.24) is 34.4 Å². The molecule has 0 saturated carbocycles. The molecule has 2 aromatic heterocycles. The topological polar surface area (TPSA) is 132 Å². The summed E-state index contributed by atoms with van der Waals surface area (Å²) in [7, 11) is 0. The van der Waals surface area contributed by atoms with Crippen molar-refractivity contribution in [3.8, 4) is 17.1 Å². The zero-order valence-electron chi connectivity index (χ0n) is 21.1. The summed E-state index contributed by atoms with van der Waals surface area (Å²) in [6, 6.07) is 12.7. The van der Waals surface area contributed by atoms with E-state index < -0.39 is 24.5 Å². The SMILES string of the molecule is O=C1CCC(CNc2nc(Cn3nc(-c4ccc(Cl)cc4)n(C[C@H](O)C(F)(F)F)c3=O)nn2-c2ccccc2Cl)N1. The lowest BCUT2D eigenvalue weighted by Crippen LogP contribution is -2.37. The van der Waals surface area contributed by atoms with Crippen molar-refractivity contribution in [3.05, 3.63) is 74.9 Å². The van der Waals surface area contributed by atoms with Gasteiger partial charge >= 0.3 is 11.9 Å². The number of rotatable bonds is 9. The van der Waals surface area contributed by atoms with Crippen LogP contribution in [0.3, 0.4) is 0 Å². The fourth-order valence-corrected chi connectivity index (χ4v) is 4.65. The number of carbonyl (C=O) groups is 1. The van der Waals surface area contributed by atoms with Crippen molar-refractivity contribution < 1.29 is 23.1 Å². The van der Waals surface area contributed by atoms with Crippen LogP contribution in [0.1, 0.15) is 18.7 Å². The van der Waals surface area contributed by atoms with Gasteiger partial charge in [-0.05, 0) is 42.8 Å². The standard InChI is InChI=1S/C25H23Cl2F3N8O3/c26-15-7-5-14(6-8-15)22-35-37(24(41)36(22)12-19(39)25(28,29)30)13-20-33-23(31-11-16-9-10-21(40)32-16)38(34-20)18-4-2-1-3-17(18)27/h1-8,16,19,39H,9-13H2,(H,32,40)(H,31,33,34)/t16?,19-/m0/s1. The van der Waals surface area contributed by atoms with Gasteiger partial charge in [-0.1, -0.05) is 35.3 Å². The summed E-state index contributed by atoms with van der Waals surface area (Å²) in [6.45, 7) is -1.03. The number of aliphatic hydroxyl groups excluding tert-OH is 1. The van der Waals surface area contributed by atoms with Gasteiger partial charge < -0.3 is 15.7 Å². The molecule has 2 aromatic carbocycles. The van der Waals surface area contributed by atoms with Crippen LogP contribution in [0.4, 0.5) is 19.1 Å². The summed E-state index contributed by atoms with van der Waals surface area (Å²) in [5.74, 6) is 0.226. The Bertz CT molecular complexity index is 1620. The van der Waals surface area contributed by atoms with Crippen LogP contribution in [-0.4, -0.2) is 65.0 Å². The number of hydrogen-bond donors (Lipinski definition) is 3. The van der Waals surface area contributed by atoms with Gasteiger partial charge in [-0.2, -0.15) is 22.8 Å². The first kappa shape index (κ1) is 28.6. The van der Waals surface area contributed by atoms with Crippen LogP contribution < -0.4 is 16.3 Å². The molecule has 1 aliphatic rings. The molecule has 11 nitrogen and oxygen atoms in total. The summed E-state index contributed by atoms with van der Waals surface area (Å²) in [5.41, 5.74) is -0.107. The van der Waals surface area contributed by atoms with E-state index in [1.165, 1.54) is 28.9 Å². The molecule has 5 rings (SSSR count). The van der Waals surface area contributed by atoms with Gasteiger partial charge in [-0.25, -0.2) is 9.48 Å². The van der Waals surface area contributed by atoms with Gasteiger partial charge in [0.25, 0.3) is 0 Å². The summed E-state index contributed by atoms with van der Waals surface area (Å²) in [5, 5.41) is 25.2. The molecule has 1 fully saturated rings. The van der Waals surface area contributed by atoms with E-state index in [0.29, 0.717) is 40.7 Å². The first-order valence-electron chi connectivity index (χ1n) is 12.4. The summed E-state index contributed by atoms with van der Waals surface area (Å²) in [6.07, 6.45) is -6.69. The van der Waals surface area contributed by atoms with Crippen molar-refractivity contribution in [2.24, 2.45) is 0 Å². The quantitative estimate of drug-likeness (QED) is 0.265. The van der Waals surface area contributed by atoms with Crippen LogP contribution >= 0.6 is 23.2 Å². The van der Waals surface area contributed by atoms with Crippen molar-refractivity contribution in [2.45, 2.75) is 44.3 Å². The Morgan fingerprint density at radius 3 is 2.49 bits per heavy atom. The lowest BCUT2D eigenvalue weighted by Gasteiger charge is -2.15. The van der Waals surface area contributed by atoms with E-state index in [0.717, 1.165) is 9.25 Å². The number of nitrogens with zero attached hydrogens (tertiary/aromatic N) is 6. The molecule has 16 heteroatoms. The molecule has 41 heavy (non-hydrogen) atoms. The molecular weight excluding hydrogens is 588 g/mol. The summed E-state index contributed by atoms with van der Waals surface area (Å²) < 4.78 is 42.6. The van der Waals surface area contributed by atoms with Crippen molar-refractivity contribution in [3.63, 3.8) is 0 Å². The molecule has 1 aliphatic heterocycles. The normalized spacial score (nSPS) is 16.1. The first-order chi connectivity index (χ1) is 19.5. The molecule has 0 radical (unpaired) electrons. The highest BCUT2D eigenvalue weighted by Gasteiger charge is 2.39. The molecular formula is C25H23Cl2F3N8O3. The number of hydrogen-bond acceptors (Lipinski definition) is 7. The van der Waals surface area contributed by atoms with Crippen molar-refractivity contribution in [1.29, 1.82) is 0 Å². The van der Waals surface area contributed by atoms with Gasteiger partial charge in [-0.3, -0.25) is 9.36 Å². The van der Waals surface area contributed by atoms with Gasteiger partial charge in [0.2, 0.25) is 11.9 Å². The van der Waals surface area contributed by atoms with E-state index in [2.05, 4.69) is 25.8 Å². The monoisotopic (exact) mass is 610 g/mol. The van der Waals surface area contributed by atoms with Crippen LogP contribution in [0.25, 0.3) is 17.1 Å². The number of benzene rings is 2. The van der Waals surface area contributed by atoms with E-state index in [-0.39, 0.29) is 36.1 Å². The Morgan fingerprint density at radius 1 is 1.10 bits per heavy atom. The Balaban J connectivity index is 1.50. The number of halogens is 5. The number of aromatic nitrogens is 6. The maximum Gasteiger partial charge on any atom is 0.416 e. The third kappa shape index (κ3) is 6.39. The maximum absolute atomic E-state index is 13.3. The summed E-state index contributed by atoms with van der Waals surface area (Å²) in [4.78, 5) is 29.3. The smallest absolute Gasteiger partial charge is 0.382 e. The number of alkyl halides is 3. The second-order valence-electron chi connectivity index (χ2n) is 9.34. The number of anilines is 1. The predicted octanol–water partition coefficient (Wildman–Crippen LogP) is 3.26. The lowest BCUT2D eigenvalue weighted by molar-refractivity contribution is -0.207. The highest BCUT2D eigenvalue weighted by atomic mass is 35.5. The largest absolute Gasteiger partial charge is 0.416 e. The molecule has 4 aromatic rings. The molecule has 2 atom stereocenters. The fraction of sp³-hybridized carbons (Fsp3) is 0.320. The van der Waals surface area contributed by atoms with Crippen LogP contribution in [0.15, 0.2) is 53.3 Å². The molecule has 3 heterocycles. The minimum atomic E-state index is -4.95. The van der Waals surface area contributed by atoms with Crippen LogP contribution in [0.5, 0.6) is 0 Å². The highest BCUT2D eigenvalue weighted by Crippen LogP contribution is 2.25. The number of aliphatic hydroxyl groups is 1. The fourth-order valence-electron chi connectivity index (χ4n) is 4.30. The zero-order chi connectivity index (χ0) is 29.3. The molecule has 0 aliphatic carbocycles. The second-order valence-corrected chi connectivity index (χ2v) is 10.2. The Hall–Kier alpha value is -3.88. The zero-order valence-corrected chi connectivity index (χ0v) is 22.7. The second kappa shape index (κ2) is 11.5. The van der Waals surface area contributed by atoms with Crippen molar-refractivity contribution >= 4 is 35.1 Å². The van der Waals surface area contributed by atoms with Crippen LogP contribution in [0, 0.1) is 0 Å². The Kier molecular flexibility index (Phi) is 8.07. The van der Waals surface area contributed by atoms with Crippen LogP contribution in [0.2, 0.25) is 10.0 Å². The number of amides is 1. The molecule has 0 spiro atoms. The molecule has 1 unspecified atom stereocenters. The first-order valence-corrected chi connectivity index (χ1v) is 13.2. The predicted molar refractivity (Wildman–Crippen MR) is 144 cm³/mol. The van der Waals surface area contributed by atoms with E-state index in [4.69, 9.17) is 23.2 Å². The maximum atomic E-state index is 13.3. The third-order valence-corrected chi connectivity index (χ3v) is 6.94. The van der Waals surface area contributed by atoms with Gasteiger partial charge in [0.05, 0.1) is 17.3 Å². The molecule has 1 amide bonds. The average molecular weight is 611 g/mol. The number of carbonyl (C=O) groups excluding carboxylic acids is 1. The molecule has 3 N–H and O–H groups in total. The Morgan fingerprint density at radius 2 is 1.83 bits per heavy atom. The van der Waals surface area contributed by atoms with Gasteiger partial charge in [0.15, 0.2) is 17.8 Å². The Labute approximate surface area is 240 Å². The molecule has 1 saturated heterocycles. The van der Waals surface area contributed by atoms with E-state index in [1.807, 2.05) is 0 Å². The minimum Gasteiger partial charge on any atom is -0.382 e. The van der Waals surface area contributed by atoms with E-state index >= 15 is 0 Å². The van der Waals surface area contributed by atoms with Gasteiger partial charge in [0.1, 0.15) is 6.54 Å². The van der Waals surface area contributed by atoms with Crippen LogP contribution in [-0.2, 0) is 17.9 Å². The average Bonchev–Trinajstić information content (AvgIpc) is 3.61. The van der Waals surface area contributed by atoms with Gasteiger partial charge in [0, 0.05) is 29.6 Å². The van der Waals surface area contributed by atoms with E-state index in [9.17, 15) is 27.9 Å². The molecule has 216 valence electrons. The third-order valence-electron chi connectivity index (χ3n) is 6.37. The molecule has 0 bridgehead atoms. The highest BCUT2D eigenvalue weighted by molar-refractivity contribution is 6.32. The lowest BCUT2D eigenvalue weighted by atomic mass is 10.2.